The first-order chi connectivity index (χ1) is 10.6. The molecule has 1 aliphatic heterocycles. The summed E-state index contributed by atoms with van der Waals surface area (Å²) in [4.78, 5) is 4.61. The van der Waals surface area contributed by atoms with Gasteiger partial charge in [-0.25, -0.2) is 0 Å². The lowest BCUT2D eigenvalue weighted by atomic mass is 10.1. The summed E-state index contributed by atoms with van der Waals surface area (Å²) < 4.78 is 11.4. The van der Waals surface area contributed by atoms with E-state index in [0.717, 1.165) is 42.6 Å². The minimum absolute atomic E-state index is 0. The molecule has 1 fully saturated rings. The van der Waals surface area contributed by atoms with E-state index in [2.05, 4.69) is 9.80 Å². The average Bonchev–Trinajstić information content (AvgIpc) is 2.56. The zero-order chi connectivity index (χ0) is 16.1. The van der Waals surface area contributed by atoms with Crippen LogP contribution in [0.2, 0.25) is 0 Å². The van der Waals surface area contributed by atoms with Crippen molar-refractivity contribution in [2.75, 3.05) is 46.7 Å². The van der Waals surface area contributed by atoms with Gasteiger partial charge in [0.15, 0.2) is 11.5 Å². The van der Waals surface area contributed by atoms with Crippen LogP contribution in [0, 0.1) is 0 Å². The zero-order valence-electron chi connectivity index (χ0n) is 13.6. The SMILES string of the molecule is COc1cc(CN2CCN(C(=S)SC)CC2)cc(OC)c1O.Cl. The van der Waals surface area contributed by atoms with E-state index in [1.807, 2.05) is 18.4 Å². The van der Waals surface area contributed by atoms with Crippen LogP contribution in [0.4, 0.5) is 0 Å². The van der Waals surface area contributed by atoms with Gasteiger partial charge in [0.25, 0.3) is 0 Å². The molecule has 0 bridgehead atoms. The number of thiocarbonyl (C=S) groups is 1. The van der Waals surface area contributed by atoms with Gasteiger partial charge in [-0.05, 0) is 24.0 Å². The van der Waals surface area contributed by atoms with Gasteiger partial charge in [0.2, 0.25) is 5.75 Å². The minimum atomic E-state index is 0. The maximum absolute atomic E-state index is 9.96. The molecule has 5 nitrogen and oxygen atoms in total. The third-order valence-electron chi connectivity index (χ3n) is 3.75. The summed E-state index contributed by atoms with van der Waals surface area (Å²) in [7, 11) is 3.08. The van der Waals surface area contributed by atoms with Gasteiger partial charge in [-0.3, -0.25) is 4.90 Å². The van der Waals surface area contributed by atoms with Crippen molar-refractivity contribution in [1.82, 2.24) is 9.80 Å². The Labute approximate surface area is 153 Å². The first-order valence-corrected chi connectivity index (χ1v) is 8.71. The highest BCUT2D eigenvalue weighted by Gasteiger charge is 2.19. The summed E-state index contributed by atoms with van der Waals surface area (Å²) in [5.41, 5.74) is 1.06. The summed E-state index contributed by atoms with van der Waals surface area (Å²) in [6.45, 7) is 4.63. The summed E-state index contributed by atoms with van der Waals surface area (Å²) in [5, 5.41) is 9.96. The van der Waals surface area contributed by atoms with Gasteiger partial charge < -0.3 is 19.5 Å². The molecule has 0 amide bonds. The molecule has 0 unspecified atom stereocenters. The zero-order valence-corrected chi connectivity index (χ0v) is 16.0. The number of phenols is 1. The number of rotatable bonds is 4. The number of hydrogen-bond donors (Lipinski definition) is 1. The van der Waals surface area contributed by atoms with Crippen LogP contribution in [-0.4, -0.2) is 65.9 Å². The van der Waals surface area contributed by atoms with Crippen molar-refractivity contribution >= 4 is 40.7 Å². The Morgan fingerprint density at radius 1 is 1.17 bits per heavy atom. The van der Waals surface area contributed by atoms with E-state index in [9.17, 15) is 5.11 Å². The molecule has 0 radical (unpaired) electrons. The van der Waals surface area contributed by atoms with Gasteiger partial charge >= 0.3 is 0 Å². The topological polar surface area (TPSA) is 45.2 Å². The normalized spacial score (nSPS) is 15.0. The van der Waals surface area contributed by atoms with Crippen LogP contribution in [0.1, 0.15) is 5.56 Å². The fourth-order valence-corrected chi connectivity index (χ4v) is 3.14. The summed E-state index contributed by atoms with van der Waals surface area (Å²) in [6, 6.07) is 3.72. The summed E-state index contributed by atoms with van der Waals surface area (Å²) in [6.07, 6.45) is 2.02. The van der Waals surface area contributed by atoms with E-state index in [-0.39, 0.29) is 18.2 Å². The molecule has 0 saturated carbocycles. The molecule has 0 spiro atoms. The van der Waals surface area contributed by atoms with Crippen molar-refractivity contribution in [3.8, 4) is 17.2 Å². The van der Waals surface area contributed by atoms with Crippen LogP contribution >= 0.6 is 36.4 Å². The molecule has 0 aromatic heterocycles. The third-order valence-corrected chi connectivity index (χ3v) is 5.12. The first-order valence-electron chi connectivity index (χ1n) is 7.08. The van der Waals surface area contributed by atoms with Crippen LogP contribution in [0.3, 0.4) is 0 Å². The molecule has 130 valence electrons. The third kappa shape index (κ3) is 5.04. The number of phenolic OH excluding ortho intramolecular Hbond substituents is 1. The number of methoxy groups -OCH3 is 2. The highest BCUT2D eigenvalue weighted by Crippen LogP contribution is 2.37. The van der Waals surface area contributed by atoms with Crippen LogP contribution in [0.5, 0.6) is 17.2 Å². The van der Waals surface area contributed by atoms with E-state index in [1.54, 1.807) is 26.0 Å². The number of thioether (sulfide) groups is 1. The second-order valence-corrected chi connectivity index (χ2v) is 6.52. The fraction of sp³-hybridized carbons (Fsp3) is 0.533. The number of nitrogens with zero attached hydrogens (tertiary/aromatic N) is 2. The monoisotopic (exact) mass is 378 g/mol. The van der Waals surface area contributed by atoms with Crippen molar-refractivity contribution in [3.63, 3.8) is 0 Å². The minimum Gasteiger partial charge on any atom is -0.502 e. The van der Waals surface area contributed by atoms with Gasteiger partial charge in [-0.15, -0.1) is 24.2 Å². The number of halogens is 1. The van der Waals surface area contributed by atoms with Crippen molar-refractivity contribution in [3.05, 3.63) is 17.7 Å². The van der Waals surface area contributed by atoms with E-state index >= 15 is 0 Å². The number of hydrogen-bond acceptors (Lipinski definition) is 6. The molecule has 1 heterocycles. The molecule has 1 N–H and O–H groups in total. The lowest BCUT2D eigenvalue weighted by Crippen LogP contribution is -2.47. The van der Waals surface area contributed by atoms with Crippen molar-refractivity contribution in [2.45, 2.75) is 6.54 Å². The van der Waals surface area contributed by atoms with Crippen molar-refractivity contribution in [2.24, 2.45) is 0 Å². The molecule has 1 saturated heterocycles. The molecule has 1 aliphatic rings. The summed E-state index contributed by atoms with van der Waals surface area (Å²) in [5.74, 6) is 0.928. The van der Waals surface area contributed by atoms with Gasteiger partial charge in [0.1, 0.15) is 4.32 Å². The van der Waals surface area contributed by atoms with Gasteiger partial charge in [0, 0.05) is 32.7 Å². The lowest BCUT2D eigenvalue weighted by Gasteiger charge is -2.35. The molecule has 0 aliphatic carbocycles. The molecule has 23 heavy (non-hydrogen) atoms. The molecule has 1 aromatic rings. The highest BCUT2D eigenvalue weighted by molar-refractivity contribution is 8.22. The van der Waals surface area contributed by atoms with E-state index in [4.69, 9.17) is 21.7 Å². The maximum atomic E-state index is 9.96. The molecular formula is C15H23ClN2O3S2. The second kappa shape index (κ2) is 9.42. The van der Waals surface area contributed by atoms with E-state index < -0.39 is 0 Å². The van der Waals surface area contributed by atoms with Gasteiger partial charge in [0.05, 0.1) is 14.2 Å². The molecule has 1 aromatic carbocycles. The maximum Gasteiger partial charge on any atom is 0.200 e. The molecule has 0 atom stereocenters. The smallest absolute Gasteiger partial charge is 0.200 e. The predicted molar refractivity (Wildman–Crippen MR) is 101 cm³/mol. The number of piperazine rings is 1. The van der Waals surface area contributed by atoms with Crippen LogP contribution in [-0.2, 0) is 6.54 Å². The Hall–Kier alpha value is -0.890. The lowest BCUT2D eigenvalue weighted by molar-refractivity contribution is 0.178. The average molecular weight is 379 g/mol. The Balaban J connectivity index is 0.00000264. The van der Waals surface area contributed by atoms with Gasteiger partial charge in [-0.1, -0.05) is 12.2 Å². The standard InChI is InChI=1S/C15H22N2O3S2.ClH/c1-19-12-8-11(9-13(20-2)14(12)18)10-16-4-6-17(7-5-16)15(21)22-3;/h8-9,18H,4-7,10H2,1-3H3;1H. The van der Waals surface area contributed by atoms with Crippen LogP contribution < -0.4 is 9.47 Å². The van der Waals surface area contributed by atoms with E-state index in [0.29, 0.717) is 11.5 Å². The number of ether oxygens (including phenoxy) is 2. The Bertz CT molecular complexity index is 512. The highest BCUT2D eigenvalue weighted by atomic mass is 35.5. The van der Waals surface area contributed by atoms with Crippen molar-refractivity contribution in [1.29, 1.82) is 0 Å². The second-order valence-electron chi connectivity index (χ2n) is 5.08. The van der Waals surface area contributed by atoms with E-state index in [1.165, 1.54) is 0 Å². The Kier molecular flexibility index (Phi) is 8.25. The Morgan fingerprint density at radius 2 is 1.70 bits per heavy atom. The van der Waals surface area contributed by atoms with Crippen molar-refractivity contribution < 1.29 is 14.6 Å². The van der Waals surface area contributed by atoms with Gasteiger partial charge in [-0.2, -0.15) is 0 Å². The largest absolute Gasteiger partial charge is 0.502 e. The summed E-state index contributed by atoms with van der Waals surface area (Å²) >= 11 is 6.96. The quantitative estimate of drug-likeness (QED) is 0.808. The first kappa shape index (κ1) is 20.2. The molecular weight excluding hydrogens is 356 g/mol. The molecule has 2 rings (SSSR count). The predicted octanol–water partition coefficient (Wildman–Crippen LogP) is 2.60. The van der Waals surface area contributed by atoms with Crippen LogP contribution in [0.25, 0.3) is 0 Å². The number of aromatic hydroxyl groups is 1. The Morgan fingerprint density at radius 3 is 2.13 bits per heavy atom. The molecule has 8 heteroatoms. The number of benzene rings is 1. The van der Waals surface area contributed by atoms with Crippen LogP contribution in [0.15, 0.2) is 12.1 Å². The fourth-order valence-electron chi connectivity index (χ4n) is 2.51.